The SMILES string of the molecule is O=C(Cn1cnc2ccccc2c1=O)N(CCc1cccs1)C1CCOCC1. The van der Waals surface area contributed by atoms with Crippen LogP contribution in [0.2, 0.25) is 0 Å². The van der Waals surface area contributed by atoms with Crippen LogP contribution in [-0.4, -0.2) is 46.2 Å². The fraction of sp³-hybridized carbons (Fsp3) is 0.381. The molecule has 0 bridgehead atoms. The van der Waals surface area contributed by atoms with Crippen molar-refractivity contribution in [3.05, 3.63) is 63.3 Å². The second-order valence-corrected chi connectivity index (χ2v) is 7.99. The van der Waals surface area contributed by atoms with E-state index in [1.807, 2.05) is 23.1 Å². The summed E-state index contributed by atoms with van der Waals surface area (Å²) in [4.78, 5) is 33.4. The minimum Gasteiger partial charge on any atom is -0.381 e. The average Bonchev–Trinajstić information content (AvgIpc) is 3.25. The highest BCUT2D eigenvalue weighted by Crippen LogP contribution is 2.18. The number of thiophene rings is 1. The Balaban J connectivity index is 1.54. The quantitative estimate of drug-likeness (QED) is 0.642. The van der Waals surface area contributed by atoms with Crippen LogP contribution < -0.4 is 5.56 Å². The summed E-state index contributed by atoms with van der Waals surface area (Å²) in [7, 11) is 0. The summed E-state index contributed by atoms with van der Waals surface area (Å²) in [6, 6.07) is 11.5. The van der Waals surface area contributed by atoms with Gasteiger partial charge in [-0.2, -0.15) is 0 Å². The van der Waals surface area contributed by atoms with Crippen LogP contribution in [0.1, 0.15) is 17.7 Å². The summed E-state index contributed by atoms with van der Waals surface area (Å²) in [6.45, 7) is 2.01. The Bertz CT molecular complexity index is 994. The highest BCUT2D eigenvalue weighted by atomic mass is 32.1. The van der Waals surface area contributed by atoms with E-state index >= 15 is 0 Å². The van der Waals surface area contributed by atoms with Gasteiger partial charge >= 0.3 is 0 Å². The molecule has 1 aliphatic heterocycles. The predicted molar refractivity (Wildman–Crippen MR) is 110 cm³/mol. The smallest absolute Gasteiger partial charge is 0.261 e. The number of hydrogen-bond donors (Lipinski definition) is 0. The van der Waals surface area contributed by atoms with Gasteiger partial charge in [-0.3, -0.25) is 14.2 Å². The second kappa shape index (κ2) is 8.67. The van der Waals surface area contributed by atoms with Crippen LogP contribution in [0, 0.1) is 0 Å². The van der Waals surface area contributed by atoms with E-state index < -0.39 is 0 Å². The topological polar surface area (TPSA) is 64.4 Å². The molecule has 0 radical (unpaired) electrons. The lowest BCUT2D eigenvalue weighted by atomic mass is 10.1. The Labute approximate surface area is 167 Å². The molecule has 0 atom stereocenters. The first-order valence-corrected chi connectivity index (χ1v) is 10.4. The molecular formula is C21H23N3O3S. The first-order chi connectivity index (χ1) is 13.7. The molecule has 0 unspecified atom stereocenters. The summed E-state index contributed by atoms with van der Waals surface area (Å²) in [5.41, 5.74) is 0.472. The number of amides is 1. The third-order valence-electron chi connectivity index (χ3n) is 5.17. The molecule has 0 spiro atoms. The summed E-state index contributed by atoms with van der Waals surface area (Å²) >= 11 is 1.70. The zero-order valence-corrected chi connectivity index (χ0v) is 16.4. The van der Waals surface area contributed by atoms with E-state index in [2.05, 4.69) is 16.4 Å². The van der Waals surface area contributed by atoms with Crippen molar-refractivity contribution < 1.29 is 9.53 Å². The molecule has 1 amide bonds. The fourth-order valence-corrected chi connectivity index (χ4v) is 4.35. The van der Waals surface area contributed by atoms with Gasteiger partial charge in [-0.05, 0) is 42.8 Å². The molecule has 1 saturated heterocycles. The van der Waals surface area contributed by atoms with Gasteiger partial charge in [0.15, 0.2) is 0 Å². The monoisotopic (exact) mass is 397 g/mol. The zero-order valence-electron chi connectivity index (χ0n) is 15.6. The lowest BCUT2D eigenvalue weighted by molar-refractivity contribution is -0.136. The maximum atomic E-state index is 13.2. The van der Waals surface area contributed by atoms with Crippen molar-refractivity contribution in [3.8, 4) is 0 Å². The molecule has 28 heavy (non-hydrogen) atoms. The van der Waals surface area contributed by atoms with Crippen molar-refractivity contribution in [2.45, 2.75) is 31.8 Å². The molecule has 0 aliphatic carbocycles. The van der Waals surface area contributed by atoms with Gasteiger partial charge in [0.1, 0.15) is 6.54 Å². The Morgan fingerprint density at radius 3 is 2.82 bits per heavy atom. The molecule has 1 fully saturated rings. The van der Waals surface area contributed by atoms with Gasteiger partial charge < -0.3 is 9.64 Å². The predicted octanol–water partition coefficient (Wildman–Crippen LogP) is 2.71. The maximum Gasteiger partial charge on any atom is 0.261 e. The number of para-hydroxylation sites is 1. The van der Waals surface area contributed by atoms with E-state index in [0.29, 0.717) is 30.7 Å². The van der Waals surface area contributed by atoms with Crippen molar-refractivity contribution in [2.24, 2.45) is 0 Å². The van der Waals surface area contributed by atoms with Crippen molar-refractivity contribution in [1.82, 2.24) is 14.5 Å². The lowest BCUT2D eigenvalue weighted by Crippen LogP contribution is -2.46. The van der Waals surface area contributed by atoms with E-state index in [4.69, 9.17) is 4.74 Å². The van der Waals surface area contributed by atoms with Crippen molar-refractivity contribution in [3.63, 3.8) is 0 Å². The van der Waals surface area contributed by atoms with E-state index in [0.717, 1.165) is 19.3 Å². The molecule has 3 aromatic rings. The van der Waals surface area contributed by atoms with Crippen LogP contribution in [0.4, 0.5) is 0 Å². The van der Waals surface area contributed by atoms with E-state index in [1.165, 1.54) is 15.8 Å². The molecule has 146 valence electrons. The highest BCUT2D eigenvalue weighted by molar-refractivity contribution is 7.09. The molecule has 7 heteroatoms. The van der Waals surface area contributed by atoms with Crippen LogP contribution in [-0.2, 0) is 22.5 Å². The highest BCUT2D eigenvalue weighted by Gasteiger charge is 2.26. The standard InChI is InChI=1S/C21H23N3O3S/c25-20(14-23-15-22-19-6-2-1-5-18(19)21(23)26)24(16-8-11-27-12-9-16)10-7-17-4-3-13-28-17/h1-6,13,15-16H,7-12,14H2. The van der Waals surface area contributed by atoms with Gasteiger partial charge in [-0.25, -0.2) is 4.98 Å². The van der Waals surface area contributed by atoms with Crippen LogP contribution in [0.5, 0.6) is 0 Å². The Morgan fingerprint density at radius 1 is 1.21 bits per heavy atom. The van der Waals surface area contributed by atoms with Crippen LogP contribution in [0.15, 0.2) is 52.9 Å². The number of benzene rings is 1. The van der Waals surface area contributed by atoms with Gasteiger partial charge in [0.05, 0.1) is 17.2 Å². The summed E-state index contributed by atoms with van der Waals surface area (Å²) in [5.74, 6) is -0.0392. The Hall–Kier alpha value is -2.51. The average molecular weight is 398 g/mol. The first-order valence-electron chi connectivity index (χ1n) is 9.56. The third-order valence-corrected chi connectivity index (χ3v) is 6.10. The second-order valence-electron chi connectivity index (χ2n) is 6.95. The van der Waals surface area contributed by atoms with Crippen molar-refractivity contribution in [2.75, 3.05) is 19.8 Å². The minimum atomic E-state index is -0.177. The molecule has 0 saturated carbocycles. The Kier molecular flexibility index (Phi) is 5.83. The van der Waals surface area contributed by atoms with Crippen LogP contribution in [0.25, 0.3) is 10.9 Å². The molecule has 4 rings (SSSR count). The van der Waals surface area contributed by atoms with Gasteiger partial charge in [0, 0.05) is 30.7 Å². The third kappa shape index (κ3) is 4.15. The fourth-order valence-electron chi connectivity index (χ4n) is 3.65. The number of aromatic nitrogens is 2. The van der Waals surface area contributed by atoms with Crippen molar-refractivity contribution >= 4 is 28.1 Å². The molecule has 6 nitrogen and oxygen atoms in total. The molecule has 2 aromatic heterocycles. The van der Waals surface area contributed by atoms with Gasteiger partial charge in [-0.1, -0.05) is 18.2 Å². The van der Waals surface area contributed by atoms with Crippen LogP contribution in [0.3, 0.4) is 0 Å². The van der Waals surface area contributed by atoms with Gasteiger partial charge in [0.25, 0.3) is 5.56 Å². The van der Waals surface area contributed by atoms with Crippen LogP contribution >= 0.6 is 11.3 Å². The minimum absolute atomic E-state index is 0.0124. The summed E-state index contributed by atoms with van der Waals surface area (Å²) < 4.78 is 6.88. The van der Waals surface area contributed by atoms with E-state index in [-0.39, 0.29) is 24.1 Å². The van der Waals surface area contributed by atoms with E-state index in [1.54, 1.807) is 23.5 Å². The molecule has 1 aromatic carbocycles. The zero-order chi connectivity index (χ0) is 19.3. The number of hydrogen-bond acceptors (Lipinski definition) is 5. The molecule has 0 N–H and O–H groups in total. The number of carbonyl (C=O) groups excluding carboxylic acids is 1. The van der Waals surface area contributed by atoms with E-state index in [9.17, 15) is 9.59 Å². The lowest BCUT2D eigenvalue weighted by Gasteiger charge is -2.34. The van der Waals surface area contributed by atoms with Gasteiger partial charge in [-0.15, -0.1) is 11.3 Å². The maximum absolute atomic E-state index is 13.2. The summed E-state index contributed by atoms with van der Waals surface area (Å²) in [6.07, 6.45) is 3.97. The molecular weight excluding hydrogens is 374 g/mol. The molecule has 3 heterocycles. The summed E-state index contributed by atoms with van der Waals surface area (Å²) in [5, 5.41) is 2.59. The van der Waals surface area contributed by atoms with Crippen molar-refractivity contribution in [1.29, 1.82) is 0 Å². The first kappa shape index (κ1) is 18.8. The number of carbonyl (C=O) groups is 1. The molecule has 1 aliphatic rings. The largest absolute Gasteiger partial charge is 0.381 e. The Morgan fingerprint density at radius 2 is 2.04 bits per heavy atom. The number of rotatable bonds is 6. The van der Waals surface area contributed by atoms with Gasteiger partial charge in [0.2, 0.25) is 5.91 Å². The normalized spacial score (nSPS) is 15.0. The number of fused-ring (bicyclic) bond motifs is 1. The number of nitrogens with zero attached hydrogens (tertiary/aromatic N) is 3. The number of ether oxygens (including phenoxy) is 1.